The van der Waals surface area contributed by atoms with Crippen molar-refractivity contribution in [1.29, 1.82) is 0 Å². The summed E-state index contributed by atoms with van der Waals surface area (Å²) < 4.78 is 0. The molecule has 2 atom stereocenters. The summed E-state index contributed by atoms with van der Waals surface area (Å²) >= 11 is 0. The minimum atomic E-state index is -0.366. The summed E-state index contributed by atoms with van der Waals surface area (Å²) in [5.74, 6) is 0. The normalized spacial score (nSPS) is 22.4. The van der Waals surface area contributed by atoms with E-state index in [0.29, 0.717) is 6.04 Å². The maximum absolute atomic E-state index is 9.46. The minimum absolute atomic E-state index is 0.366. The molecule has 1 aromatic carbocycles. The number of aliphatic hydroxyl groups is 1. The van der Waals surface area contributed by atoms with Crippen LogP contribution in [0.5, 0.6) is 0 Å². The monoisotopic (exact) mass is 219 g/mol. The van der Waals surface area contributed by atoms with Gasteiger partial charge in [0.05, 0.1) is 6.10 Å². The summed E-state index contributed by atoms with van der Waals surface area (Å²) in [6.07, 6.45) is 3.47. The van der Waals surface area contributed by atoms with Crippen LogP contribution in [-0.4, -0.2) is 17.7 Å². The fraction of sp³-hybridized carbons (Fsp3) is 0.571. The van der Waals surface area contributed by atoms with Gasteiger partial charge in [0.1, 0.15) is 0 Å². The summed E-state index contributed by atoms with van der Waals surface area (Å²) in [6, 6.07) is 9.04. The average molecular weight is 219 g/mol. The van der Waals surface area contributed by atoms with Gasteiger partial charge in [0, 0.05) is 18.3 Å². The quantitative estimate of drug-likeness (QED) is 0.844. The molecule has 1 heterocycles. The van der Waals surface area contributed by atoms with Gasteiger partial charge in [-0.2, -0.15) is 0 Å². The van der Waals surface area contributed by atoms with Crippen LogP contribution in [0.15, 0.2) is 24.3 Å². The zero-order valence-electron chi connectivity index (χ0n) is 10.2. The zero-order valence-corrected chi connectivity index (χ0v) is 10.2. The number of aliphatic hydroxyl groups excluding tert-OH is 1. The van der Waals surface area contributed by atoms with Crippen LogP contribution in [0.3, 0.4) is 0 Å². The maximum atomic E-state index is 9.46. The van der Waals surface area contributed by atoms with Gasteiger partial charge in [0.25, 0.3) is 0 Å². The van der Waals surface area contributed by atoms with E-state index < -0.39 is 0 Å². The Bertz CT molecular complexity index is 331. The van der Waals surface area contributed by atoms with Crippen molar-refractivity contribution < 1.29 is 5.11 Å². The molecule has 16 heavy (non-hydrogen) atoms. The third kappa shape index (κ3) is 2.22. The molecule has 1 unspecified atom stereocenters. The highest BCUT2D eigenvalue weighted by molar-refractivity contribution is 5.49. The molecule has 2 nitrogen and oxygen atoms in total. The topological polar surface area (TPSA) is 23.5 Å². The summed E-state index contributed by atoms with van der Waals surface area (Å²) in [6.45, 7) is 5.24. The number of hydrogen-bond donors (Lipinski definition) is 1. The highest BCUT2D eigenvalue weighted by Gasteiger charge is 2.22. The molecule has 1 fully saturated rings. The second-order valence-corrected chi connectivity index (χ2v) is 4.67. The summed E-state index contributed by atoms with van der Waals surface area (Å²) in [7, 11) is 0. The fourth-order valence-electron chi connectivity index (χ4n) is 2.54. The minimum Gasteiger partial charge on any atom is -0.389 e. The average Bonchev–Trinajstić information content (AvgIpc) is 2.77. The molecule has 88 valence electrons. The van der Waals surface area contributed by atoms with Crippen LogP contribution < -0.4 is 4.90 Å². The second kappa shape index (κ2) is 4.88. The first kappa shape index (κ1) is 11.5. The first-order chi connectivity index (χ1) is 7.72. The van der Waals surface area contributed by atoms with Gasteiger partial charge in [-0.3, -0.25) is 0 Å². The third-order valence-corrected chi connectivity index (χ3v) is 3.56. The van der Waals surface area contributed by atoms with Crippen LogP contribution in [-0.2, 0) is 0 Å². The highest BCUT2D eigenvalue weighted by Crippen LogP contribution is 2.28. The Morgan fingerprint density at radius 3 is 2.62 bits per heavy atom. The molecule has 2 heteroatoms. The molecule has 1 aliphatic heterocycles. The third-order valence-electron chi connectivity index (χ3n) is 3.56. The van der Waals surface area contributed by atoms with Crippen LogP contribution in [0.25, 0.3) is 0 Å². The van der Waals surface area contributed by atoms with E-state index >= 15 is 0 Å². The predicted octanol–water partition coefficient (Wildman–Crippen LogP) is 3.12. The standard InChI is InChI=1S/C14H21NO/c1-3-13-5-4-10-15(13)14-8-6-12(7-9-14)11(2)16/h6-9,11,13,16H,3-5,10H2,1-2H3/t11-,13?/m0/s1. The number of benzene rings is 1. The zero-order chi connectivity index (χ0) is 11.5. The van der Waals surface area contributed by atoms with E-state index in [9.17, 15) is 5.11 Å². The Morgan fingerprint density at radius 2 is 2.06 bits per heavy atom. The Morgan fingerprint density at radius 1 is 1.38 bits per heavy atom. The van der Waals surface area contributed by atoms with Crippen LogP contribution in [0.4, 0.5) is 5.69 Å². The lowest BCUT2D eigenvalue weighted by atomic mass is 10.1. The molecule has 0 saturated carbocycles. The lowest BCUT2D eigenvalue weighted by Gasteiger charge is -2.26. The second-order valence-electron chi connectivity index (χ2n) is 4.67. The molecule has 0 bridgehead atoms. The van der Waals surface area contributed by atoms with Crippen molar-refractivity contribution in [2.45, 2.75) is 45.3 Å². The molecular weight excluding hydrogens is 198 g/mol. The molecule has 0 spiro atoms. The van der Waals surface area contributed by atoms with Crippen LogP contribution in [0.2, 0.25) is 0 Å². The largest absolute Gasteiger partial charge is 0.389 e. The smallest absolute Gasteiger partial charge is 0.0761 e. The number of hydrogen-bond acceptors (Lipinski definition) is 2. The number of anilines is 1. The van der Waals surface area contributed by atoms with Crippen LogP contribution >= 0.6 is 0 Å². The van der Waals surface area contributed by atoms with Gasteiger partial charge in [0.15, 0.2) is 0 Å². The summed E-state index contributed by atoms with van der Waals surface area (Å²) in [4.78, 5) is 2.49. The Labute approximate surface area is 97.9 Å². The van der Waals surface area contributed by atoms with E-state index in [4.69, 9.17) is 0 Å². The molecule has 1 saturated heterocycles. The molecule has 2 rings (SSSR count). The molecule has 1 aromatic rings. The van der Waals surface area contributed by atoms with E-state index in [1.807, 2.05) is 12.1 Å². The van der Waals surface area contributed by atoms with Crippen molar-refractivity contribution in [2.75, 3.05) is 11.4 Å². The summed E-state index contributed by atoms with van der Waals surface area (Å²) in [5.41, 5.74) is 2.30. The van der Waals surface area contributed by atoms with Gasteiger partial charge in [0.2, 0.25) is 0 Å². The molecule has 0 amide bonds. The van der Waals surface area contributed by atoms with Gasteiger partial charge in [-0.05, 0) is 43.9 Å². The van der Waals surface area contributed by atoms with Gasteiger partial charge in [-0.15, -0.1) is 0 Å². The van der Waals surface area contributed by atoms with E-state index in [1.165, 1.54) is 31.5 Å². The first-order valence-electron chi connectivity index (χ1n) is 6.27. The van der Waals surface area contributed by atoms with E-state index in [0.717, 1.165) is 5.56 Å². The van der Waals surface area contributed by atoms with Crippen molar-refractivity contribution in [3.63, 3.8) is 0 Å². The predicted molar refractivity (Wildman–Crippen MR) is 67.7 cm³/mol. The van der Waals surface area contributed by atoms with Crippen LogP contribution in [0.1, 0.15) is 44.8 Å². The molecule has 1 N–H and O–H groups in total. The van der Waals surface area contributed by atoms with Gasteiger partial charge in [-0.1, -0.05) is 19.1 Å². The van der Waals surface area contributed by atoms with Gasteiger partial charge >= 0.3 is 0 Å². The summed E-state index contributed by atoms with van der Waals surface area (Å²) in [5, 5.41) is 9.46. The van der Waals surface area contributed by atoms with Crippen molar-refractivity contribution >= 4 is 5.69 Å². The lowest BCUT2D eigenvalue weighted by Crippen LogP contribution is -2.28. The SMILES string of the molecule is CCC1CCCN1c1ccc([C@H](C)O)cc1. The Kier molecular flexibility index (Phi) is 3.49. The molecule has 1 aliphatic rings. The first-order valence-corrected chi connectivity index (χ1v) is 6.27. The Hall–Kier alpha value is -1.02. The molecule has 0 radical (unpaired) electrons. The van der Waals surface area contributed by atoms with Gasteiger partial charge < -0.3 is 10.0 Å². The van der Waals surface area contributed by atoms with Crippen LogP contribution in [0, 0.1) is 0 Å². The fourth-order valence-corrected chi connectivity index (χ4v) is 2.54. The lowest BCUT2D eigenvalue weighted by molar-refractivity contribution is 0.199. The molecule has 0 aromatic heterocycles. The molecular formula is C14H21NO. The maximum Gasteiger partial charge on any atom is 0.0761 e. The number of nitrogens with zero attached hydrogens (tertiary/aromatic N) is 1. The van der Waals surface area contributed by atoms with Crippen molar-refractivity contribution in [3.8, 4) is 0 Å². The van der Waals surface area contributed by atoms with Crippen molar-refractivity contribution in [2.24, 2.45) is 0 Å². The van der Waals surface area contributed by atoms with E-state index in [2.05, 4.69) is 24.0 Å². The Balaban J connectivity index is 2.15. The van der Waals surface area contributed by atoms with Crippen molar-refractivity contribution in [3.05, 3.63) is 29.8 Å². The van der Waals surface area contributed by atoms with Crippen molar-refractivity contribution in [1.82, 2.24) is 0 Å². The van der Waals surface area contributed by atoms with E-state index in [1.54, 1.807) is 6.92 Å². The highest BCUT2D eigenvalue weighted by atomic mass is 16.3. The molecule has 0 aliphatic carbocycles. The number of rotatable bonds is 3. The van der Waals surface area contributed by atoms with Gasteiger partial charge in [-0.25, -0.2) is 0 Å². The van der Waals surface area contributed by atoms with E-state index in [-0.39, 0.29) is 6.10 Å².